The standard InChI is InChI=1S/C42H45N3O3/c1-41(2,3)34-20-18-30(19-21-34)35-16-10-11-17-36(35)38(46)43-26-29-22-24-42(4,25-23-29)40(48)44-37(31-12-6-5-7-13-31)39(47)45-27-32-14-8-9-15-33(32)28-45/h5-22,37H,23-28H2,1-4H3,(H,43,46)(H,44,48)/t37-,42?/m0/s1. The van der Waals surface area contributed by atoms with Crippen LogP contribution in [0.5, 0.6) is 0 Å². The molecule has 1 aliphatic heterocycles. The molecular formula is C42H45N3O3. The number of nitrogens with one attached hydrogen (secondary N) is 2. The average molecular weight is 640 g/mol. The maximum atomic E-state index is 13.9. The predicted octanol–water partition coefficient (Wildman–Crippen LogP) is 7.90. The monoisotopic (exact) mass is 639 g/mol. The summed E-state index contributed by atoms with van der Waals surface area (Å²) in [5, 5.41) is 6.26. The van der Waals surface area contributed by atoms with E-state index in [4.69, 9.17) is 0 Å². The summed E-state index contributed by atoms with van der Waals surface area (Å²) in [5.41, 5.74) is 7.35. The van der Waals surface area contributed by atoms with E-state index in [-0.39, 0.29) is 23.1 Å². The molecule has 2 N–H and O–H groups in total. The van der Waals surface area contributed by atoms with Crippen molar-refractivity contribution in [1.82, 2.24) is 15.5 Å². The number of hydrogen-bond acceptors (Lipinski definition) is 3. The van der Waals surface area contributed by atoms with Crippen molar-refractivity contribution in [2.75, 3.05) is 6.54 Å². The van der Waals surface area contributed by atoms with Gasteiger partial charge in [0.25, 0.3) is 5.91 Å². The number of carbonyl (C=O) groups excluding carboxylic acids is 3. The zero-order valence-corrected chi connectivity index (χ0v) is 28.4. The van der Waals surface area contributed by atoms with E-state index in [2.05, 4.69) is 73.9 Å². The molecule has 0 saturated heterocycles. The predicted molar refractivity (Wildman–Crippen MR) is 191 cm³/mol. The molecule has 4 aromatic rings. The summed E-state index contributed by atoms with van der Waals surface area (Å²) in [5.74, 6) is -0.354. The van der Waals surface area contributed by atoms with Crippen LogP contribution in [0.3, 0.4) is 0 Å². The first-order valence-corrected chi connectivity index (χ1v) is 16.9. The Morgan fingerprint density at radius 1 is 0.812 bits per heavy atom. The largest absolute Gasteiger partial charge is 0.348 e. The quantitative estimate of drug-likeness (QED) is 0.193. The van der Waals surface area contributed by atoms with Crippen LogP contribution in [-0.2, 0) is 28.1 Å². The zero-order valence-electron chi connectivity index (χ0n) is 28.4. The van der Waals surface area contributed by atoms with E-state index in [0.29, 0.717) is 44.5 Å². The first-order valence-electron chi connectivity index (χ1n) is 16.9. The first-order chi connectivity index (χ1) is 23.0. The minimum Gasteiger partial charge on any atom is -0.348 e. The molecule has 0 fully saturated rings. The molecule has 0 aromatic heterocycles. The molecule has 6 rings (SSSR count). The Bertz CT molecular complexity index is 1810. The van der Waals surface area contributed by atoms with E-state index in [0.717, 1.165) is 33.4 Å². The van der Waals surface area contributed by atoms with Gasteiger partial charge in [0.15, 0.2) is 0 Å². The molecule has 1 aliphatic carbocycles. The van der Waals surface area contributed by atoms with Gasteiger partial charge in [-0.2, -0.15) is 0 Å². The number of carbonyl (C=O) groups is 3. The van der Waals surface area contributed by atoms with Crippen LogP contribution in [0.15, 0.2) is 115 Å². The number of nitrogens with zero attached hydrogens (tertiary/aromatic N) is 1. The lowest BCUT2D eigenvalue weighted by atomic mass is 9.75. The van der Waals surface area contributed by atoms with E-state index in [9.17, 15) is 14.4 Å². The Morgan fingerprint density at radius 2 is 1.44 bits per heavy atom. The smallest absolute Gasteiger partial charge is 0.252 e. The van der Waals surface area contributed by atoms with E-state index < -0.39 is 11.5 Å². The molecule has 0 spiro atoms. The molecule has 246 valence electrons. The van der Waals surface area contributed by atoms with E-state index in [1.807, 2.05) is 78.6 Å². The maximum Gasteiger partial charge on any atom is 0.252 e. The zero-order chi connectivity index (χ0) is 33.9. The molecule has 0 bridgehead atoms. The second-order valence-corrected chi connectivity index (χ2v) is 14.5. The highest BCUT2D eigenvalue weighted by Gasteiger charge is 2.38. The average Bonchev–Trinajstić information content (AvgIpc) is 3.54. The molecule has 48 heavy (non-hydrogen) atoms. The molecule has 1 unspecified atom stereocenters. The Kier molecular flexibility index (Phi) is 9.36. The van der Waals surface area contributed by atoms with Gasteiger partial charge in [-0.15, -0.1) is 0 Å². The molecule has 4 aromatic carbocycles. The highest BCUT2D eigenvalue weighted by Crippen LogP contribution is 2.37. The van der Waals surface area contributed by atoms with Crippen molar-refractivity contribution in [2.24, 2.45) is 5.41 Å². The fourth-order valence-corrected chi connectivity index (χ4v) is 6.66. The molecule has 6 heteroatoms. The van der Waals surface area contributed by atoms with Crippen molar-refractivity contribution in [3.05, 3.63) is 143 Å². The summed E-state index contributed by atoms with van der Waals surface area (Å²) < 4.78 is 0. The van der Waals surface area contributed by atoms with Crippen LogP contribution >= 0.6 is 0 Å². The Hall–Kier alpha value is -4.97. The van der Waals surface area contributed by atoms with Gasteiger partial charge in [0, 0.05) is 25.2 Å². The number of fused-ring (bicyclic) bond motifs is 1. The molecule has 6 nitrogen and oxygen atoms in total. The Balaban J connectivity index is 1.10. The third kappa shape index (κ3) is 7.13. The van der Waals surface area contributed by atoms with E-state index in [1.165, 1.54) is 5.56 Å². The molecule has 0 radical (unpaired) electrons. The van der Waals surface area contributed by atoms with Crippen LogP contribution in [0.2, 0.25) is 0 Å². The fraction of sp³-hybridized carbons (Fsp3) is 0.310. The van der Waals surface area contributed by atoms with E-state index >= 15 is 0 Å². The van der Waals surface area contributed by atoms with Gasteiger partial charge in [0.1, 0.15) is 6.04 Å². The number of allylic oxidation sites excluding steroid dienone is 1. The van der Waals surface area contributed by atoms with Crippen LogP contribution in [0, 0.1) is 5.41 Å². The molecule has 1 heterocycles. The Morgan fingerprint density at radius 3 is 2.06 bits per heavy atom. The highest BCUT2D eigenvalue weighted by atomic mass is 16.2. The second kappa shape index (κ2) is 13.6. The number of benzene rings is 4. The summed E-state index contributed by atoms with van der Waals surface area (Å²) in [7, 11) is 0. The van der Waals surface area contributed by atoms with Gasteiger partial charge in [-0.3, -0.25) is 14.4 Å². The van der Waals surface area contributed by atoms with Crippen LogP contribution in [0.1, 0.15) is 85.6 Å². The van der Waals surface area contributed by atoms with Crippen LogP contribution in [0.25, 0.3) is 11.1 Å². The lowest BCUT2D eigenvalue weighted by Gasteiger charge is -2.34. The molecular weight excluding hydrogens is 594 g/mol. The van der Waals surface area contributed by atoms with Gasteiger partial charge >= 0.3 is 0 Å². The summed E-state index contributed by atoms with van der Waals surface area (Å²) in [6.45, 7) is 10.0. The third-order valence-corrected chi connectivity index (χ3v) is 9.90. The SMILES string of the molecule is CC1(C(=O)N[C@H](C(=O)N2Cc3ccccc3C2)c2ccccc2)CC=C(CNC(=O)c2ccccc2-c2ccc(C(C)(C)C)cc2)CC1. The molecule has 2 aliphatic rings. The first kappa shape index (κ1) is 33.0. The topological polar surface area (TPSA) is 78.5 Å². The fourth-order valence-electron chi connectivity index (χ4n) is 6.66. The summed E-state index contributed by atoms with van der Waals surface area (Å²) in [6.07, 6.45) is 3.93. The van der Waals surface area contributed by atoms with Gasteiger partial charge in [0.05, 0.1) is 5.41 Å². The van der Waals surface area contributed by atoms with Crippen molar-refractivity contribution in [1.29, 1.82) is 0 Å². The molecule has 2 atom stereocenters. The van der Waals surface area contributed by atoms with Crippen LogP contribution in [0.4, 0.5) is 0 Å². The normalized spacial score (nSPS) is 18.0. The number of hydrogen-bond donors (Lipinski definition) is 2. The molecule has 0 saturated carbocycles. The minimum absolute atomic E-state index is 0.0573. The second-order valence-electron chi connectivity index (χ2n) is 14.5. The summed E-state index contributed by atoms with van der Waals surface area (Å²) in [4.78, 5) is 43.0. The lowest BCUT2D eigenvalue weighted by molar-refractivity contribution is -0.140. The number of rotatable bonds is 8. The van der Waals surface area contributed by atoms with Crippen molar-refractivity contribution in [2.45, 2.75) is 71.5 Å². The highest BCUT2D eigenvalue weighted by molar-refractivity contribution is 6.01. The van der Waals surface area contributed by atoms with Gasteiger partial charge < -0.3 is 15.5 Å². The Labute approximate surface area is 284 Å². The summed E-state index contributed by atoms with van der Waals surface area (Å²) in [6, 6.07) is 33.0. The summed E-state index contributed by atoms with van der Waals surface area (Å²) >= 11 is 0. The van der Waals surface area contributed by atoms with Crippen molar-refractivity contribution in [3.63, 3.8) is 0 Å². The third-order valence-electron chi connectivity index (χ3n) is 9.90. The number of amides is 3. The molecule has 3 amide bonds. The van der Waals surface area contributed by atoms with E-state index in [1.54, 1.807) is 0 Å². The van der Waals surface area contributed by atoms with Crippen molar-refractivity contribution < 1.29 is 14.4 Å². The lowest BCUT2D eigenvalue weighted by Crippen LogP contribution is -2.47. The minimum atomic E-state index is -0.765. The van der Waals surface area contributed by atoms with Crippen molar-refractivity contribution >= 4 is 17.7 Å². The van der Waals surface area contributed by atoms with Gasteiger partial charge in [-0.1, -0.05) is 136 Å². The van der Waals surface area contributed by atoms with Gasteiger partial charge in [-0.05, 0) is 64.1 Å². The van der Waals surface area contributed by atoms with Gasteiger partial charge in [0.2, 0.25) is 11.8 Å². The van der Waals surface area contributed by atoms with Crippen molar-refractivity contribution in [3.8, 4) is 11.1 Å². The van der Waals surface area contributed by atoms with Gasteiger partial charge in [-0.25, -0.2) is 0 Å². The van der Waals surface area contributed by atoms with Crippen LogP contribution in [-0.4, -0.2) is 29.2 Å². The maximum absolute atomic E-state index is 13.9. The van der Waals surface area contributed by atoms with Crippen LogP contribution < -0.4 is 10.6 Å².